The van der Waals surface area contributed by atoms with Gasteiger partial charge < -0.3 is 15.7 Å². The van der Waals surface area contributed by atoms with Crippen LogP contribution >= 0.6 is 0 Å². The largest absolute Gasteiger partial charge is 0.396 e. The molecule has 0 saturated carbocycles. The maximum Gasteiger partial charge on any atom is 0.228 e. The van der Waals surface area contributed by atoms with Crippen molar-refractivity contribution < 1.29 is 9.90 Å². The molecular formula is C14H20N2O2. The van der Waals surface area contributed by atoms with Crippen molar-refractivity contribution in [1.82, 2.24) is 5.32 Å². The summed E-state index contributed by atoms with van der Waals surface area (Å²) in [6, 6.07) is 7.65. The molecular weight excluding hydrogens is 228 g/mol. The van der Waals surface area contributed by atoms with Crippen molar-refractivity contribution in [2.75, 3.05) is 25.0 Å². The molecule has 1 aliphatic rings. The predicted molar refractivity (Wildman–Crippen MR) is 71.5 cm³/mol. The number of nitrogens with one attached hydrogen (secondary N) is 2. The fourth-order valence-corrected chi connectivity index (χ4v) is 2.20. The van der Waals surface area contributed by atoms with Crippen LogP contribution in [0.5, 0.6) is 0 Å². The normalized spacial score (nSPS) is 19.5. The number of aliphatic hydroxyl groups excluding tert-OH is 1. The van der Waals surface area contributed by atoms with Gasteiger partial charge in [0.25, 0.3) is 0 Å². The molecule has 1 fully saturated rings. The first-order chi connectivity index (χ1) is 8.79. The first kappa shape index (κ1) is 13.1. The van der Waals surface area contributed by atoms with Gasteiger partial charge in [-0.1, -0.05) is 12.1 Å². The van der Waals surface area contributed by atoms with E-state index in [1.54, 1.807) is 0 Å². The molecule has 4 nitrogen and oxygen atoms in total. The highest BCUT2D eigenvalue weighted by atomic mass is 16.2. The zero-order chi connectivity index (χ0) is 12.8. The summed E-state index contributed by atoms with van der Waals surface area (Å²) in [5, 5.41) is 15.0. The fraction of sp³-hybridized carbons (Fsp3) is 0.500. The Hall–Kier alpha value is -1.39. The maximum absolute atomic E-state index is 12.0. The van der Waals surface area contributed by atoms with E-state index in [0.717, 1.165) is 37.2 Å². The number of hydrogen-bond acceptors (Lipinski definition) is 3. The number of carbonyl (C=O) groups is 1. The molecule has 0 bridgehead atoms. The highest BCUT2D eigenvalue weighted by molar-refractivity contribution is 5.92. The number of hydrogen-bond donors (Lipinski definition) is 3. The zero-order valence-corrected chi connectivity index (χ0v) is 10.5. The van der Waals surface area contributed by atoms with Crippen LogP contribution < -0.4 is 10.6 Å². The first-order valence-corrected chi connectivity index (χ1v) is 6.51. The molecule has 4 heteroatoms. The molecule has 98 valence electrons. The summed E-state index contributed by atoms with van der Waals surface area (Å²) >= 11 is 0. The lowest BCUT2D eigenvalue weighted by Gasteiger charge is -2.21. The Morgan fingerprint density at radius 2 is 2.17 bits per heavy atom. The standard InChI is InChI=1S/C14H20N2O2/c17-9-7-11-3-5-13(6-4-11)16-14(18)12-2-1-8-15-10-12/h3-6,12,15,17H,1-2,7-10H2,(H,16,18). The summed E-state index contributed by atoms with van der Waals surface area (Å²) in [6.07, 6.45) is 2.68. The van der Waals surface area contributed by atoms with Crippen LogP contribution in [0.3, 0.4) is 0 Å². The summed E-state index contributed by atoms with van der Waals surface area (Å²) in [4.78, 5) is 12.0. The second-order valence-corrected chi connectivity index (χ2v) is 4.70. The van der Waals surface area contributed by atoms with Crippen LogP contribution in [0.15, 0.2) is 24.3 Å². The topological polar surface area (TPSA) is 61.4 Å². The van der Waals surface area contributed by atoms with E-state index in [1.165, 1.54) is 0 Å². The van der Waals surface area contributed by atoms with Gasteiger partial charge in [0.05, 0.1) is 5.92 Å². The van der Waals surface area contributed by atoms with E-state index in [4.69, 9.17) is 5.11 Å². The third-order valence-electron chi connectivity index (χ3n) is 3.29. The Morgan fingerprint density at radius 3 is 2.78 bits per heavy atom. The third-order valence-corrected chi connectivity index (χ3v) is 3.29. The molecule has 2 rings (SSSR count). The van der Waals surface area contributed by atoms with Gasteiger partial charge in [-0.15, -0.1) is 0 Å². The summed E-state index contributed by atoms with van der Waals surface area (Å²) < 4.78 is 0. The van der Waals surface area contributed by atoms with Crippen molar-refractivity contribution in [3.05, 3.63) is 29.8 Å². The van der Waals surface area contributed by atoms with Crippen LogP contribution in [0.2, 0.25) is 0 Å². The van der Waals surface area contributed by atoms with Gasteiger partial charge >= 0.3 is 0 Å². The van der Waals surface area contributed by atoms with Gasteiger partial charge in [0.15, 0.2) is 0 Å². The Labute approximate surface area is 107 Å². The Kier molecular flexibility index (Phi) is 4.73. The summed E-state index contributed by atoms with van der Waals surface area (Å²) in [7, 11) is 0. The van der Waals surface area contributed by atoms with Crippen molar-refractivity contribution in [2.24, 2.45) is 5.92 Å². The SMILES string of the molecule is O=C(Nc1ccc(CCO)cc1)C1CCCNC1. The van der Waals surface area contributed by atoms with Gasteiger partial charge in [0, 0.05) is 18.8 Å². The maximum atomic E-state index is 12.0. The molecule has 1 aliphatic heterocycles. The van der Waals surface area contributed by atoms with Gasteiger partial charge in [0.2, 0.25) is 5.91 Å². The highest BCUT2D eigenvalue weighted by Gasteiger charge is 2.20. The van der Waals surface area contributed by atoms with Crippen LogP contribution in [0, 0.1) is 5.92 Å². The molecule has 3 N–H and O–H groups in total. The molecule has 0 spiro atoms. The van der Waals surface area contributed by atoms with E-state index in [0.29, 0.717) is 6.42 Å². The first-order valence-electron chi connectivity index (χ1n) is 6.51. The average Bonchev–Trinajstić information content (AvgIpc) is 2.42. The quantitative estimate of drug-likeness (QED) is 0.749. The van der Waals surface area contributed by atoms with Gasteiger partial charge in [-0.2, -0.15) is 0 Å². The molecule has 0 aromatic heterocycles. The molecule has 0 radical (unpaired) electrons. The second kappa shape index (κ2) is 6.52. The Balaban J connectivity index is 1.89. The molecule has 1 heterocycles. The summed E-state index contributed by atoms with van der Waals surface area (Å²) in [5.41, 5.74) is 1.90. The van der Waals surface area contributed by atoms with Crippen molar-refractivity contribution >= 4 is 11.6 Å². The predicted octanol–water partition coefficient (Wildman–Crippen LogP) is 1.16. The molecule has 1 unspecified atom stereocenters. The smallest absolute Gasteiger partial charge is 0.228 e. The van der Waals surface area contributed by atoms with E-state index in [1.807, 2.05) is 24.3 Å². The summed E-state index contributed by atoms with van der Waals surface area (Å²) in [5.74, 6) is 0.174. The number of anilines is 1. The van der Waals surface area contributed by atoms with Crippen LogP contribution in [-0.4, -0.2) is 30.7 Å². The minimum Gasteiger partial charge on any atom is -0.396 e. The van der Waals surface area contributed by atoms with Crippen molar-refractivity contribution in [3.8, 4) is 0 Å². The summed E-state index contributed by atoms with van der Waals surface area (Å²) in [6.45, 7) is 1.94. The third kappa shape index (κ3) is 3.55. The number of benzene rings is 1. The monoisotopic (exact) mass is 248 g/mol. The number of piperidine rings is 1. The highest BCUT2D eigenvalue weighted by Crippen LogP contribution is 2.15. The lowest BCUT2D eigenvalue weighted by atomic mass is 9.99. The molecule has 18 heavy (non-hydrogen) atoms. The van der Waals surface area contributed by atoms with Crippen LogP contribution in [0.4, 0.5) is 5.69 Å². The van der Waals surface area contributed by atoms with E-state index < -0.39 is 0 Å². The van der Waals surface area contributed by atoms with E-state index in [-0.39, 0.29) is 18.4 Å². The number of rotatable bonds is 4. The Morgan fingerprint density at radius 1 is 1.39 bits per heavy atom. The average molecular weight is 248 g/mol. The van der Waals surface area contributed by atoms with Gasteiger partial charge in [-0.3, -0.25) is 4.79 Å². The molecule has 1 aromatic rings. The Bertz CT molecular complexity index is 383. The molecule has 1 atom stereocenters. The fourth-order valence-electron chi connectivity index (χ4n) is 2.20. The lowest BCUT2D eigenvalue weighted by molar-refractivity contribution is -0.120. The minimum atomic E-state index is 0.0795. The number of aliphatic hydroxyl groups is 1. The number of carbonyl (C=O) groups excluding carboxylic acids is 1. The van der Waals surface area contributed by atoms with E-state index in [2.05, 4.69) is 10.6 Å². The van der Waals surface area contributed by atoms with Crippen LogP contribution in [0.1, 0.15) is 18.4 Å². The zero-order valence-electron chi connectivity index (χ0n) is 10.5. The van der Waals surface area contributed by atoms with Gasteiger partial charge in [0.1, 0.15) is 0 Å². The van der Waals surface area contributed by atoms with Crippen molar-refractivity contribution in [2.45, 2.75) is 19.3 Å². The number of amides is 1. The second-order valence-electron chi connectivity index (χ2n) is 4.70. The molecule has 1 amide bonds. The van der Waals surface area contributed by atoms with Gasteiger partial charge in [-0.05, 0) is 43.5 Å². The van der Waals surface area contributed by atoms with Crippen molar-refractivity contribution in [3.63, 3.8) is 0 Å². The van der Waals surface area contributed by atoms with Gasteiger partial charge in [-0.25, -0.2) is 0 Å². The lowest BCUT2D eigenvalue weighted by Crippen LogP contribution is -2.37. The van der Waals surface area contributed by atoms with Crippen LogP contribution in [-0.2, 0) is 11.2 Å². The molecule has 1 aromatic carbocycles. The van der Waals surface area contributed by atoms with E-state index in [9.17, 15) is 4.79 Å². The molecule has 0 aliphatic carbocycles. The molecule has 1 saturated heterocycles. The minimum absolute atomic E-state index is 0.0795. The van der Waals surface area contributed by atoms with E-state index >= 15 is 0 Å². The van der Waals surface area contributed by atoms with Crippen molar-refractivity contribution in [1.29, 1.82) is 0 Å². The van der Waals surface area contributed by atoms with Crippen LogP contribution in [0.25, 0.3) is 0 Å².